The molecule has 5 rings (SSSR count). The zero-order valence-electron chi connectivity index (χ0n) is 15.8. The molecule has 2 N–H and O–H groups in total. The molecule has 3 aromatic carbocycles. The molecule has 3 aromatic rings. The van der Waals surface area contributed by atoms with E-state index in [1.165, 1.54) is 0 Å². The summed E-state index contributed by atoms with van der Waals surface area (Å²) in [4.78, 5) is 4.95. The molecule has 2 aliphatic rings. The van der Waals surface area contributed by atoms with Crippen molar-refractivity contribution in [1.82, 2.24) is 5.32 Å². The van der Waals surface area contributed by atoms with Crippen molar-refractivity contribution in [2.75, 3.05) is 6.79 Å². The lowest BCUT2D eigenvalue weighted by Crippen LogP contribution is -2.33. The Kier molecular flexibility index (Phi) is 5.03. The summed E-state index contributed by atoms with van der Waals surface area (Å²) in [6, 6.07) is 18.3. The Morgan fingerprint density at radius 1 is 0.933 bits per heavy atom. The number of phenolic OH excluding ortho intramolecular Hbond substituents is 1. The third kappa shape index (κ3) is 3.72. The van der Waals surface area contributed by atoms with Crippen LogP contribution in [-0.2, 0) is 0 Å². The molecular formula is C23H18Cl2N2O3. The molecule has 0 amide bonds. The highest BCUT2D eigenvalue weighted by Gasteiger charge is 2.28. The Labute approximate surface area is 183 Å². The molecular weight excluding hydrogens is 423 g/mol. The molecule has 0 fully saturated rings. The van der Waals surface area contributed by atoms with Gasteiger partial charge in [-0.05, 0) is 59.7 Å². The lowest BCUT2D eigenvalue weighted by molar-refractivity contribution is 0.174. The maximum absolute atomic E-state index is 10.5. The van der Waals surface area contributed by atoms with Crippen LogP contribution in [0.5, 0.6) is 17.2 Å². The molecule has 0 saturated carbocycles. The van der Waals surface area contributed by atoms with Gasteiger partial charge in [0.25, 0.3) is 0 Å². The molecule has 152 valence electrons. The summed E-state index contributed by atoms with van der Waals surface area (Å²) in [5.74, 6) is 1.62. The molecule has 30 heavy (non-hydrogen) atoms. The van der Waals surface area contributed by atoms with E-state index >= 15 is 0 Å². The first kappa shape index (κ1) is 19.2. The fourth-order valence-electron chi connectivity index (χ4n) is 3.81. The second-order valence-electron chi connectivity index (χ2n) is 7.23. The normalized spacial score (nSPS) is 20.1. The van der Waals surface area contributed by atoms with Crippen molar-refractivity contribution in [1.29, 1.82) is 0 Å². The van der Waals surface area contributed by atoms with Gasteiger partial charge in [0, 0.05) is 33.8 Å². The van der Waals surface area contributed by atoms with Crippen LogP contribution in [0.3, 0.4) is 0 Å². The maximum Gasteiger partial charge on any atom is 0.231 e. The number of aromatic hydroxyl groups is 1. The van der Waals surface area contributed by atoms with Gasteiger partial charge in [0.15, 0.2) is 11.5 Å². The minimum absolute atomic E-state index is 0.189. The van der Waals surface area contributed by atoms with E-state index in [0.29, 0.717) is 22.2 Å². The Balaban J connectivity index is 1.58. The molecule has 0 spiro atoms. The van der Waals surface area contributed by atoms with Gasteiger partial charge in [-0.2, -0.15) is 0 Å². The first-order valence-electron chi connectivity index (χ1n) is 9.53. The van der Waals surface area contributed by atoms with Crippen LogP contribution in [0.25, 0.3) is 0 Å². The maximum atomic E-state index is 10.5. The number of rotatable bonds is 3. The van der Waals surface area contributed by atoms with E-state index in [9.17, 15) is 5.11 Å². The standard InChI is InChI=1S/C23H18Cl2N2O3/c24-15-3-1-2-14(8-15)23-26-18(13-4-7-21-22(9-13)30-12-29-21)11-19(27-23)17-10-16(25)5-6-20(17)28/h1-10,19,23,27-28H,11-12H2. The van der Waals surface area contributed by atoms with E-state index in [2.05, 4.69) is 5.32 Å². The molecule has 0 bridgehead atoms. The number of nitrogens with one attached hydrogen (secondary N) is 1. The zero-order chi connectivity index (χ0) is 20.7. The number of ether oxygens (including phenoxy) is 2. The van der Waals surface area contributed by atoms with Crippen molar-refractivity contribution in [3.8, 4) is 17.2 Å². The smallest absolute Gasteiger partial charge is 0.231 e. The van der Waals surface area contributed by atoms with Gasteiger partial charge in [0.05, 0.1) is 0 Å². The molecule has 0 saturated heterocycles. The van der Waals surface area contributed by atoms with Crippen LogP contribution < -0.4 is 14.8 Å². The van der Waals surface area contributed by atoms with Crippen molar-refractivity contribution in [2.45, 2.75) is 18.6 Å². The van der Waals surface area contributed by atoms with Crippen molar-refractivity contribution in [2.24, 2.45) is 4.99 Å². The van der Waals surface area contributed by atoms with E-state index < -0.39 is 0 Å². The summed E-state index contributed by atoms with van der Waals surface area (Å²) < 4.78 is 11.0. The van der Waals surface area contributed by atoms with Crippen LogP contribution in [0.1, 0.15) is 35.3 Å². The minimum atomic E-state index is -0.332. The largest absolute Gasteiger partial charge is 0.508 e. The summed E-state index contributed by atoms with van der Waals surface area (Å²) in [6.07, 6.45) is 0.242. The number of aliphatic imine (C=N–C) groups is 1. The molecule has 2 heterocycles. The topological polar surface area (TPSA) is 63.1 Å². The number of hydrogen-bond donors (Lipinski definition) is 2. The lowest BCUT2D eigenvalue weighted by Gasteiger charge is -2.31. The minimum Gasteiger partial charge on any atom is -0.508 e. The van der Waals surface area contributed by atoms with E-state index in [4.69, 9.17) is 37.7 Å². The number of phenols is 1. The van der Waals surface area contributed by atoms with Crippen LogP contribution in [0, 0.1) is 0 Å². The van der Waals surface area contributed by atoms with Crippen LogP contribution in [0.15, 0.2) is 65.7 Å². The van der Waals surface area contributed by atoms with Gasteiger partial charge < -0.3 is 14.6 Å². The van der Waals surface area contributed by atoms with Crippen molar-refractivity contribution < 1.29 is 14.6 Å². The van der Waals surface area contributed by atoms with E-state index in [0.717, 1.165) is 28.2 Å². The predicted octanol–water partition coefficient (Wildman–Crippen LogP) is 5.65. The monoisotopic (exact) mass is 440 g/mol. The number of nitrogens with zero attached hydrogens (tertiary/aromatic N) is 1. The van der Waals surface area contributed by atoms with Crippen LogP contribution in [0.2, 0.25) is 10.0 Å². The SMILES string of the molecule is Oc1ccc(Cl)cc1C1CC(c2ccc3c(c2)OCO3)=NC(c2cccc(Cl)c2)N1. The van der Waals surface area contributed by atoms with Crippen molar-refractivity contribution in [3.05, 3.63) is 87.4 Å². The van der Waals surface area contributed by atoms with Gasteiger partial charge in [-0.3, -0.25) is 10.3 Å². The Bertz CT molecular complexity index is 1150. The highest BCUT2D eigenvalue weighted by atomic mass is 35.5. The number of hydrogen-bond acceptors (Lipinski definition) is 5. The molecule has 2 aliphatic heterocycles. The Hall–Kier alpha value is -2.73. The van der Waals surface area contributed by atoms with Gasteiger partial charge in [-0.1, -0.05) is 35.3 Å². The molecule has 2 unspecified atom stereocenters. The summed E-state index contributed by atoms with van der Waals surface area (Å²) in [6.45, 7) is 0.219. The van der Waals surface area contributed by atoms with Gasteiger partial charge >= 0.3 is 0 Å². The second-order valence-corrected chi connectivity index (χ2v) is 8.10. The fraction of sp³-hybridized carbons (Fsp3) is 0.174. The van der Waals surface area contributed by atoms with E-state index in [1.807, 2.05) is 42.5 Å². The quantitative estimate of drug-likeness (QED) is 0.552. The first-order valence-corrected chi connectivity index (χ1v) is 10.3. The van der Waals surface area contributed by atoms with E-state index in [-0.39, 0.29) is 24.8 Å². The Morgan fingerprint density at radius 2 is 1.77 bits per heavy atom. The van der Waals surface area contributed by atoms with Crippen LogP contribution >= 0.6 is 23.2 Å². The molecule has 0 aliphatic carbocycles. The van der Waals surface area contributed by atoms with E-state index in [1.54, 1.807) is 18.2 Å². The molecule has 5 nitrogen and oxygen atoms in total. The summed E-state index contributed by atoms with van der Waals surface area (Å²) in [5, 5.41) is 15.2. The molecule has 0 radical (unpaired) electrons. The third-order valence-electron chi connectivity index (χ3n) is 5.28. The second kappa shape index (κ2) is 7.84. The first-order chi connectivity index (χ1) is 14.6. The molecule has 7 heteroatoms. The van der Waals surface area contributed by atoms with Crippen LogP contribution in [0.4, 0.5) is 0 Å². The van der Waals surface area contributed by atoms with Crippen LogP contribution in [-0.4, -0.2) is 17.6 Å². The number of halogens is 2. The highest BCUT2D eigenvalue weighted by molar-refractivity contribution is 6.31. The zero-order valence-corrected chi connectivity index (χ0v) is 17.3. The van der Waals surface area contributed by atoms with Crippen molar-refractivity contribution >= 4 is 28.9 Å². The summed E-state index contributed by atoms with van der Waals surface area (Å²) in [5.41, 5.74) is 3.50. The average molecular weight is 441 g/mol. The number of fused-ring (bicyclic) bond motifs is 1. The Morgan fingerprint density at radius 3 is 2.63 bits per heavy atom. The highest BCUT2D eigenvalue weighted by Crippen LogP contribution is 2.38. The number of benzene rings is 3. The summed E-state index contributed by atoms with van der Waals surface area (Å²) in [7, 11) is 0. The molecule has 0 aromatic heterocycles. The van der Waals surface area contributed by atoms with Gasteiger partial charge in [0.1, 0.15) is 11.9 Å². The van der Waals surface area contributed by atoms with Crippen molar-refractivity contribution in [3.63, 3.8) is 0 Å². The predicted molar refractivity (Wildman–Crippen MR) is 117 cm³/mol. The lowest BCUT2D eigenvalue weighted by atomic mass is 9.93. The third-order valence-corrected chi connectivity index (χ3v) is 5.75. The van der Waals surface area contributed by atoms with Gasteiger partial charge in [0.2, 0.25) is 6.79 Å². The summed E-state index contributed by atoms with van der Waals surface area (Å²) >= 11 is 12.4. The van der Waals surface area contributed by atoms with Gasteiger partial charge in [-0.15, -0.1) is 0 Å². The molecule has 2 atom stereocenters. The van der Waals surface area contributed by atoms with Gasteiger partial charge in [-0.25, -0.2) is 0 Å². The fourth-order valence-corrected chi connectivity index (χ4v) is 4.19. The average Bonchev–Trinajstić information content (AvgIpc) is 3.23.